The molecule has 0 unspecified atom stereocenters. The lowest BCUT2D eigenvalue weighted by atomic mass is 10.3. The molecule has 122 valence electrons. The molecule has 0 saturated carbocycles. The summed E-state index contributed by atoms with van der Waals surface area (Å²) in [7, 11) is -0.668. The zero-order valence-electron chi connectivity index (χ0n) is 12.2. The van der Waals surface area contributed by atoms with Crippen molar-refractivity contribution < 1.29 is 17.7 Å². The van der Waals surface area contributed by atoms with E-state index in [-0.39, 0.29) is 5.69 Å². The first-order valence-corrected chi connectivity index (χ1v) is 7.79. The molecule has 2 aromatic rings. The quantitative estimate of drug-likeness (QED) is 0.659. The lowest BCUT2D eigenvalue weighted by Crippen LogP contribution is -2.15. The summed E-state index contributed by atoms with van der Waals surface area (Å²) < 4.78 is 40.3. The normalized spacial score (nSPS) is 11.1. The van der Waals surface area contributed by atoms with Gasteiger partial charge in [-0.25, -0.2) is 17.8 Å². The number of benzene rings is 1. The minimum absolute atomic E-state index is 0.147. The van der Waals surface area contributed by atoms with Crippen molar-refractivity contribution in [1.82, 2.24) is 4.98 Å². The SMILES string of the molecule is CN(C)c1ccc(NS(=O)(=O)c2ccc([N+](=O)[O-])cc2F)cn1. The fraction of sp³-hybridized carbons (Fsp3) is 0.154. The molecule has 1 aromatic carbocycles. The number of non-ortho nitro benzene ring substituents is 1. The van der Waals surface area contributed by atoms with E-state index in [1.807, 2.05) is 0 Å². The molecule has 0 aliphatic carbocycles. The number of nitro groups is 1. The van der Waals surface area contributed by atoms with Gasteiger partial charge in [0, 0.05) is 20.2 Å². The summed E-state index contributed by atoms with van der Waals surface area (Å²) in [5.74, 6) is -0.584. The van der Waals surface area contributed by atoms with E-state index in [4.69, 9.17) is 0 Å². The van der Waals surface area contributed by atoms with Crippen LogP contribution >= 0.6 is 0 Å². The number of nitrogens with zero attached hydrogens (tertiary/aromatic N) is 3. The molecule has 0 radical (unpaired) electrons. The van der Waals surface area contributed by atoms with Gasteiger partial charge in [-0.05, 0) is 18.2 Å². The van der Waals surface area contributed by atoms with E-state index >= 15 is 0 Å². The van der Waals surface area contributed by atoms with E-state index in [9.17, 15) is 22.9 Å². The first-order chi connectivity index (χ1) is 10.7. The Hall–Kier alpha value is -2.75. The maximum atomic E-state index is 13.8. The van der Waals surface area contributed by atoms with Gasteiger partial charge in [0.1, 0.15) is 10.7 Å². The van der Waals surface area contributed by atoms with Gasteiger partial charge in [-0.15, -0.1) is 0 Å². The summed E-state index contributed by atoms with van der Waals surface area (Å²) >= 11 is 0. The molecule has 1 N–H and O–H groups in total. The highest BCUT2D eigenvalue weighted by Crippen LogP contribution is 2.23. The van der Waals surface area contributed by atoms with Gasteiger partial charge in [0.05, 0.1) is 22.9 Å². The number of anilines is 2. The number of rotatable bonds is 5. The Balaban J connectivity index is 2.30. The van der Waals surface area contributed by atoms with E-state index in [1.54, 1.807) is 25.1 Å². The largest absolute Gasteiger partial charge is 0.363 e. The van der Waals surface area contributed by atoms with Crippen LogP contribution in [0.3, 0.4) is 0 Å². The number of hydrogen-bond acceptors (Lipinski definition) is 6. The lowest BCUT2D eigenvalue weighted by molar-refractivity contribution is -0.385. The first kappa shape index (κ1) is 16.6. The molecule has 0 saturated heterocycles. The van der Waals surface area contributed by atoms with Crippen molar-refractivity contribution in [1.29, 1.82) is 0 Å². The fourth-order valence-corrected chi connectivity index (χ4v) is 2.85. The van der Waals surface area contributed by atoms with Crippen LogP contribution in [0.15, 0.2) is 41.4 Å². The van der Waals surface area contributed by atoms with E-state index in [0.29, 0.717) is 11.9 Å². The van der Waals surface area contributed by atoms with Crippen LogP contribution in [-0.2, 0) is 10.0 Å². The van der Waals surface area contributed by atoms with Crippen molar-refractivity contribution in [3.05, 3.63) is 52.5 Å². The van der Waals surface area contributed by atoms with Gasteiger partial charge < -0.3 is 4.90 Å². The van der Waals surface area contributed by atoms with Crippen LogP contribution in [0.25, 0.3) is 0 Å². The average molecular weight is 340 g/mol. The predicted octanol–water partition coefficient (Wildman–Crippen LogP) is 2.00. The highest BCUT2D eigenvalue weighted by atomic mass is 32.2. The number of sulfonamides is 1. The summed E-state index contributed by atoms with van der Waals surface area (Å²) in [5.41, 5.74) is -0.383. The summed E-state index contributed by atoms with van der Waals surface area (Å²) in [4.78, 5) is 14.8. The molecule has 10 heteroatoms. The number of aromatic nitrogens is 1. The molecule has 23 heavy (non-hydrogen) atoms. The molecule has 0 amide bonds. The molecule has 0 fully saturated rings. The van der Waals surface area contributed by atoms with Crippen LogP contribution in [-0.4, -0.2) is 32.4 Å². The Labute approximate surface area is 131 Å². The summed E-state index contributed by atoms with van der Waals surface area (Å²) in [5, 5.41) is 10.6. The number of nitrogens with one attached hydrogen (secondary N) is 1. The van der Waals surface area contributed by atoms with Gasteiger partial charge in [-0.1, -0.05) is 0 Å². The molecule has 2 rings (SSSR count). The molecule has 0 aliphatic rings. The predicted molar refractivity (Wildman–Crippen MR) is 82.4 cm³/mol. The molecule has 0 bridgehead atoms. The molecule has 0 aliphatic heterocycles. The second-order valence-corrected chi connectivity index (χ2v) is 6.43. The van der Waals surface area contributed by atoms with Crippen molar-refractivity contribution in [3.63, 3.8) is 0 Å². The van der Waals surface area contributed by atoms with E-state index < -0.39 is 31.3 Å². The van der Waals surface area contributed by atoms with Crippen LogP contribution in [0.4, 0.5) is 21.6 Å². The zero-order chi connectivity index (χ0) is 17.2. The Morgan fingerprint density at radius 2 is 1.96 bits per heavy atom. The van der Waals surface area contributed by atoms with Crippen LogP contribution in [0.2, 0.25) is 0 Å². The third kappa shape index (κ3) is 3.72. The Kier molecular flexibility index (Phi) is 4.45. The van der Waals surface area contributed by atoms with Crippen molar-refractivity contribution >= 4 is 27.2 Å². The van der Waals surface area contributed by atoms with Crippen LogP contribution in [0.5, 0.6) is 0 Å². The molecular formula is C13H13FN4O4S. The maximum absolute atomic E-state index is 13.8. The molecule has 1 aromatic heterocycles. The highest BCUT2D eigenvalue weighted by molar-refractivity contribution is 7.92. The van der Waals surface area contributed by atoms with Gasteiger partial charge in [0.25, 0.3) is 15.7 Å². The van der Waals surface area contributed by atoms with Crippen molar-refractivity contribution in [3.8, 4) is 0 Å². The topological polar surface area (TPSA) is 105 Å². The summed E-state index contributed by atoms with van der Waals surface area (Å²) in [6, 6.07) is 5.39. The van der Waals surface area contributed by atoms with Gasteiger partial charge in [-0.3, -0.25) is 14.8 Å². The standard InChI is InChI=1S/C13H13FN4O4S/c1-17(2)13-6-3-9(8-15-13)16-23(21,22)12-5-4-10(18(19)20)7-11(12)14/h3-8,16H,1-2H3. The van der Waals surface area contributed by atoms with Crippen molar-refractivity contribution in [2.75, 3.05) is 23.7 Å². The Morgan fingerprint density at radius 1 is 1.26 bits per heavy atom. The molecular weight excluding hydrogens is 327 g/mol. The summed E-state index contributed by atoms with van der Waals surface area (Å²) in [6.07, 6.45) is 1.29. The smallest absolute Gasteiger partial charge is 0.272 e. The second kappa shape index (κ2) is 6.16. The van der Waals surface area contributed by atoms with E-state index in [0.717, 1.165) is 12.1 Å². The highest BCUT2D eigenvalue weighted by Gasteiger charge is 2.22. The average Bonchev–Trinajstić information content (AvgIpc) is 2.46. The Morgan fingerprint density at radius 3 is 2.43 bits per heavy atom. The number of halogens is 1. The number of hydrogen-bond donors (Lipinski definition) is 1. The van der Waals surface area contributed by atoms with Crippen LogP contribution in [0, 0.1) is 15.9 Å². The molecule has 8 nitrogen and oxygen atoms in total. The zero-order valence-corrected chi connectivity index (χ0v) is 13.0. The lowest BCUT2D eigenvalue weighted by Gasteiger charge is -2.12. The monoisotopic (exact) mass is 340 g/mol. The number of nitro benzene ring substituents is 1. The van der Waals surface area contributed by atoms with Gasteiger partial charge in [0.2, 0.25) is 0 Å². The third-order valence-corrected chi connectivity index (χ3v) is 4.29. The van der Waals surface area contributed by atoms with Gasteiger partial charge in [-0.2, -0.15) is 0 Å². The minimum Gasteiger partial charge on any atom is -0.363 e. The molecule has 0 spiro atoms. The molecule has 1 heterocycles. The fourth-order valence-electron chi connectivity index (χ4n) is 1.74. The summed E-state index contributed by atoms with van der Waals surface area (Å²) in [6.45, 7) is 0. The van der Waals surface area contributed by atoms with E-state index in [1.165, 1.54) is 12.3 Å². The maximum Gasteiger partial charge on any atom is 0.272 e. The first-order valence-electron chi connectivity index (χ1n) is 6.31. The van der Waals surface area contributed by atoms with Crippen LogP contribution < -0.4 is 9.62 Å². The number of pyridine rings is 1. The van der Waals surface area contributed by atoms with Gasteiger partial charge in [0.15, 0.2) is 5.82 Å². The van der Waals surface area contributed by atoms with Gasteiger partial charge >= 0.3 is 0 Å². The van der Waals surface area contributed by atoms with Crippen LogP contribution in [0.1, 0.15) is 0 Å². The minimum atomic E-state index is -4.22. The molecule has 0 atom stereocenters. The van der Waals surface area contributed by atoms with Crippen molar-refractivity contribution in [2.24, 2.45) is 0 Å². The third-order valence-electron chi connectivity index (χ3n) is 2.87. The second-order valence-electron chi connectivity index (χ2n) is 4.78. The van der Waals surface area contributed by atoms with Crippen molar-refractivity contribution in [2.45, 2.75) is 4.90 Å². The van der Waals surface area contributed by atoms with E-state index in [2.05, 4.69) is 9.71 Å². The Bertz CT molecular complexity index is 838.